The van der Waals surface area contributed by atoms with Crippen LogP contribution in [0.15, 0.2) is 27.7 Å². The van der Waals surface area contributed by atoms with Gasteiger partial charge in [-0.05, 0) is 34.1 Å². The Morgan fingerprint density at radius 3 is 2.11 bits per heavy atom. The van der Waals surface area contributed by atoms with Gasteiger partial charge in [0.05, 0.1) is 11.3 Å². The lowest BCUT2D eigenvalue weighted by atomic mass is 10.2. The first-order chi connectivity index (χ1) is 8.01. The highest BCUT2D eigenvalue weighted by atomic mass is 79.9. The zero-order valence-electron chi connectivity index (χ0n) is 8.20. The Bertz CT molecular complexity index is 479. The average molecular weight is 354 g/mol. The van der Waals surface area contributed by atoms with Crippen LogP contribution in [0.4, 0.5) is 32.0 Å². The Morgan fingerprint density at radius 2 is 1.67 bits per heavy atom. The fourth-order valence-electron chi connectivity index (χ4n) is 0.944. The third-order valence-electron chi connectivity index (χ3n) is 1.73. The van der Waals surface area contributed by atoms with Crippen LogP contribution in [0.1, 0.15) is 5.56 Å². The van der Waals surface area contributed by atoms with E-state index in [4.69, 9.17) is 11.6 Å². The lowest BCUT2D eigenvalue weighted by Gasteiger charge is -2.09. The van der Waals surface area contributed by atoms with Crippen molar-refractivity contribution in [2.24, 2.45) is 4.99 Å². The molecular formula is C9H3BrClF6N. The molecule has 0 aliphatic heterocycles. The molecule has 0 atom stereocenters. The van der Waals surface area contributed by atoms with E-state index in [0.717, 1.165) is 6.07 Å². The van der Waals surface area contributed by atoms with Crippen LogP contribution >= 0.6 is 27.5 Å². The van der Waals surface area contributed by atoms with Crippen molar-refractivity contribution >= 4 is 38.4 Å². The third-order valence-corrected chi connectivity index (χ3v) is 2.70. The highest BCUT2D eigenvalue weighted by Crippen LogP contribution is 2.36. The Hall–Kier alpha value is -0.760. The highest BCUT2D eigenvalue weighted by molar-refractivity contribution is 9.10. The fourth-order valence-corrected chi connectivity index (χ4v) is 1.37. The summed E-state index contributed by atoms with van der Waals surface area (Å²) in [5.74, 6) is 0. The molecule has 0 saturated heterocycles. The maximum atomic E-state index is 12.4. The Kier molecular flexibility index (Phi) is 4.32. The van der Waals surface area contributed by atoms with E-state index in [9.17, 15) is 26.3 Å². The standard InChI is InChI=1S/C9H3BrClF6N/c10-5-2-1-4(8(12,13)14)3-6(5)18-7(11)9(15,16)17/h1-3H. The average Bonchev–Trinajstić information content (AvgIpc) is 2.18. The summed E-state index contributed by atoms with van der Waals surface area (Å²) in [7, 11) is 0. The summed E-state index contributed by atoms with van der Waals surface area (Å²) in [6.07, 6.45) is -9.58. The third kappa shape index (κ3) is 3.88. The molecule has 0 aliphatic carbocycles. The van der Waals surface area contributed by atoms with E-state index < -0.39 is 28.8 Å². The van der Waals surface area contributed by atoms with Crippen molar-refractivity contribution in [2.45, 2.75) is 12.4 Å². The van der Waals surface area contributed by atoms with Crippen LogP contribution in [0.25, 0.3) is 0 Å². The number of alkyl halides is 6. The van der Waals surface area contributed by atoms with Crippen molar-refractivity contribution in [3.8, 4) is 0 Å². The van der Waals surface area contributed by atoms with Crippen molar-refractivity contribution in [2.75, 3.05) is 0 Å². The van der Waals surface area contributed by atoms with Crippen molar-refractivity contribution < 1.29 is 26.3 Å². The minimum Gasteiger partial charge on any atom is -0.231 e. The number of halogens is 8. The second-order valence-electron chi connectivity index (χ2n) is 3.06. The molecule has 0 N–H and O–H groups in total. The molecule has 1 rings (SSSR count). The van der Waals surface area contributed by atoms with Gasteiger partial charge in [-0.1, -0.05) is 11.6 Å². The van der Waals surface area contributed by atoms with E-state index in [2.05, 4.69) is 20.9 Å². The number of rotatable bonds is 1. The van der Waals surface area contributed by atoms with Gasteiger partial charge in [-0.2, -0.15) is 26.3 Å². The number of hydrogen-bond acceptors (Lipinski definition) is 1. The van der Waals surface area contributed by atoms with E-state index in [0.29, 0.717) is 12.1 Å². The smallest absolute Gasteiger partial charge is 0.231 e. The predicted molar refractivity (Wildman–Crippen MR) is 58.1 cm³/mol. The van der Waals surface area contributed by atoms with Gasteiger partial charge < -0.3 is 0 Å². The molecule has 0 unspecified atom stereocenters. The molecule has 0 aromatic heterocycles. The molecule has 0 amide bonds. The summed E-state index contributed by atoms with van der Waals surface area (Å²) >= 11 is 7.64. The van der Waals surface area contributed by atoms with E-state index in [-0.39, 0.29) is 4.47 Å². The van der Waals surface area contributed by atoms with Gasteiger partial charge in [0.2, 0.25) is 5.17 Å². The van der Waals surface area contributed by atoms with Crippen molar-refractivity contribution in [1.29, 1.82) is 0 Å². The van der Waals surface area contributed by atoms with Gasteiger partial charge in [0.1, 0.15) is 0 Å². The molecular weight excluding hydrogens is 351 g/mol. The lowest BCUT2D eigenvalue weighted by molar-refractivity contribution is -0.137. The molecule has 1 aromatic rings. The number of benzene rings is 1. The number of nitrogens with zero attached hydrogens (tertiary/aromatic N) is 1. The van der Waals surface area contributed by atoms with Gasteiger partial charge in [0, 0.05) is 4.47 Å². The van der Waals surface area contributed by atoms with Crippen molar-refractivity contribution in [3.05, 3.63) is 28.2 Å². The van der Waals surface area contributed by atoms with Crippen LogP contribution in [-0.4, -0.2) is 11.3 Å². The fraction of sp³-hybridized carbons (Fsp3) is 0.222. The summed E-state index contributed by atoms with van der Waals surface area (Å²) in [5, 5.41) is -1.75. The SMILES string of the molecule is FC(F)(F)C(Cl)=Nc1cc(C(F)(F)F)ccc1Br. The maximum Gasteiger partial charge on any atom is 0.444 e. The highest BCUT2D eigenvalue weighted by Gasteiger charge is 2.35. The Balaban J connectivity index is 3.26. The molecule has 0 saturated carbocycles. The number of hydrogen-bond donors (Lipinski definition) is 0. The van der Waals surface area contributed by atoms with Gasteiger partial charge in [0.25, 0.3) is 0 Å². The van der Waals surface area contributed by atoms with Crippen LogP contribution in [0, 0.1) is 0 Å². The Labute approximate surface area is 111 Å². The molecule has 0 heterocycles. The molecule has 0 bridgehead atoms. The topological polar surface area (TPSA) is 12.4 Å². The maximum absolute atomic E-state index is 12.4. The summed E-state index contributed by atoms with van der Waals surface area (Å²) in [6, 6.07) is 2.13. The van der Waals surface area contributed by atoms with Crippen LogP contribution in [-0.2, 0) is 6.18 Å². The summed E-state index contributed by atoms with van der Waals surface area (Å²) in [5.41, 5.74) is -1.66. The van der Waals surface area contributed by atoms with Gasteiger partial charge in [0.15, 0.2) is 0 Å². The second-order valence-corrected chi connectivity index (χ2v) is 4.28. The van der Waals surface area contributed by atoms with Crippen molar-refractivity contribution in [1.82, 2.24) is 0 Å². The summed E-state index contributed by atoms with van der Waals surface area (Å²) < 4.78 is 73.3. The zero-order valence-corrected chi connectivity index (χ0v) is 10.5. The first kappa shape index (κ1) is 15.3. The van der Waals surface area contributed by atoms with Crippen LogP contribution in [0.5, 0.6) is 0 Å². The summed E-state index contributed by atoms with van der Waals surface area (Å²) in [6.45, 7) is 0. The molecule has 0 spiro atoms. The molecule has 18 heavy (non-hydrogen) atoms. The van der Waals surface area contributed by atoms with Gasteiger partial charge in [-0.25, -0.2) is 4.99 Å². The lowest BCUT2D eigenvalue weighted by Crippen LogP contribution is -2.16. The van der Waals surface area contributed by atoms with Gasteiger partial charge in [-0.3, -0.25) is 0 Å². The first-order valence-electron chi connectivity index (χ1n) is 4.20. The molecule has 0 radical (unpaired) electrons. The normalized spacial score (nSPS) is 13.9. The van der Waals surface area contributed by atoms with E-state index in [1.165, 1.54) is 0 Å². The van der Waals surface area contributed by atoms with Crippen LogP contribution in [0.2, 0.25) is 0 Å². The van der Waals surface area contributed by atoms with E-state index >= 15 is 0 Å². The zero-order chi connectivity index (χ0) is 14.1. The largest absolute Gasteiger partial charge is 0.444 e. The molecule has 0 aliphatic rings. The summed E-state index contributed by atoms with van der Waals surface area (Å²) in [4.78, 5) is 2.91. The van der Waals surface area contributed by atoms with Crippen LogP contribution in [0.3, 0.4) is 0 Å². The quantitative estimate of drug-likeness (QED) is 0.479. The monoisotopic (exact) mass is 353 g/mol. The molecule has 9 heteroatoms. The van der Waals surface area contributed by atoms with Gasteiger partial charge >= 0.3 is 12.4 Å². The predicted octanol–water partition coefficient (Wildman–Crippen LogP) is 5.30. The first-order valence-corrected chi connectivity index (χ1v) is 5.37. The van der Waals surface area contributed by atoms with E-state index in [1.807, 2.05) is 0 Å². The van der Waals surface area contributed by atoms with Gasteiger partial charge in [-0.15, -0.1) is 0 Å². The molecule has 0 fully saturated rings. The molecule has 100 valence electrons. The van der Waals surface area contributed by atoms with Crippen molar-refractivity contribution in [3.63, 3.8) is 0 Å². The Morgan fingerprint density at radius 1 is 1.11 bits per heavy atom. The second kappa shape index (κ2) is 5.08. The molecule has 1 aromatic carbocycles. The molecule has 1 nitrogen and oxygen atoms in total. The van der Waals surface area contributed by atoms with Crippen LogP contribution < -0.4 is 0 Å². The minimum absolute atomic E-state index is 0.0297. The van der Waals surface area contributed by atoms with E-state index in [1.54, 1.807) is 0 Å². The minimum atomic E-state index is -4.91. The number of aliphatic imine (C=N–C) groups is 1.